The van der Waals surface area contributed by atoms with E-state index in [1.54, 1.807) is 12.4 Å². The molecule has 2 heterocycles. The van der Waals surface area contributed by atoms with Crippen LogP contribution in [0.1, 0.15) is 12.1 Å². The van der Waals surface area contributed by atoms with Gasteiger partial charge in [0.15, 0.2) is 0 Å². The van der Waals surface area contributed by atoms with Gasteiger partial charge in [-0.3, -0.25) is 4.98 Å². The molecule has 7 heteroatoms. The van der Waals surface area contributed by atoms with Gasteiger partial charge in [-0.15, -0.1) is 0 Å². The summed E-state index contributed by atoms with van der Waals surface area (Å²) >= 11 is 5.92. The molecule has 1 aliphatic heterocycles. The minimum Gasteiger partial charge on any atom is -0.256 e. The lowest BCUT2D eigenvalue weighted by molar-refractivity contribution is 0.459. The minimum absolute atomic E-state index is 0.277. The van der Waals surface area contributed by atoms with E-state index in [0.717, 1.165) is 12.1 Å². The summed E-state index contributed by atoms with van der Waals surface area (Å²) in [4.78, 5) is 8.13. The molecule has 94 valence electrons. The maximum atomic E-state index is 11.4. The molecule has 1 fully saturated rings. The van der Waals surface area contributed by atoms with Gasteiger partial charge in [-0.25, -0.2) is 17.7 Å². The van der Waals surface area contributed by atoms with E-state index >= 15 is 0 Å². The number of rotatable bonds is 3. The molecule has 0 amide bonds. The largest absolute Gasteiger partial charge is 0.256 e. The van der Waals surface area contributed by atoms with Crippen LogP contribution in [0.15, 0.2) is 12.4 Å². The molecule has 17 heavy (non-hydrogen) atoms. The summed E-state index contributed by atoms with van der Waals surface area (Å²) in [7, 11) is -3.07. The predicted octanol–water partition coefficient (Wildman–Crippen LogP) is 0.954. The maximum absolute atomic E-state index is 11.4. The third-order valence-corrected chi connectivity index (χ3v) is 4.51. The number of hydrogen-bond donors (Lipinski definition) is 0. The average Bonchev–Trinajstić information content (AvgIpc) is 2.69. The highest BCUT2D eigenvalue weighted by atomic mass is 35.5. The van der Waals surface area contributed by atoms with Crippen molar-refractivity contribution in [2.45, 2.75) is 12.8 Å². The molecular formula is C10H14ClN3O2S. The lowest BCUT2D eigenvalue weighted by Crippen LogP contribution is -2.27. The van der Waals surface area contributed by atoms with E-state index < -0.39 is 10.0 Å². The number of nitrogens with zero attached hydrogens (tertiary/aromatic N) is 3. The average molecular weight is 276 g/mol. The first-order valence-corrected chi connectivity index (χ1v) is 7.60. The zero-order valence-electron chi connectivity index (χ0n) is 9.50. The first kappa shape index (κ1) is 12.7. The van der Waals surface area contributed by atoms with Crippen molar-refractivity contribution in [3.05, 3.63) is 23.2 Å². The first-order chi connectivity index (χ1) is 7.97. The van der Waals surface area contributed by atoms with Crippen molar-refractivity contribution in [1.82, 2.24) is 14.3 Å². The summed E-state index contributed by atoms with van der Waals surface area (Å²) in [6.45, 7) is 1.13. The summed E-state index contributed by atoms with van der Waals surface area (Å²) in [6, 6.07) is 0. The van der Waals surface area contributed by atoms with E-state index in [1.807, 2.05) is 0 Å². The summed E-state index contributed by atoms with van der Waals surface area (Å²) in [5.41, 5.74) is 0.745. The Kier molecular flexibility index (Phi) is 3.65. The highest BCUT2D eigenvalue weighted by Crippen LogP contribution is 2.23. The summed E-state index contributed by atoms with van der Waals surface area (Å²) in [6.07, 6.45) is 5.91. The molecule has 0 spiro atoms. The van der Waals surface area contributed by atoms with E-state index in [1.165, 1.54) is 10.6 Å². The highest BCUT2D eigenvalue weighted by Gasteiger charge is 2.29. The van der Waals surface area contributed by atoms with Crippen LogP contribution in [0.4, 0.5) is 0 Å². The fourth-order valence-electron chi connectivity index (χ4n) is 2.03. The summed E-state index contributed by atoms with van der Waals surface area (Å²) < 4.78 is 24.2. The molecule has 0 saturated carbocycles. The quantitative estimate of drug-likeness (QED) is 0.824. The van der Waals surface area contributed by atoms with Gasteiger partial charge in [0, 0.05) is 25.5 Å². The molecule has 1 aromatic heterocycles. The van der Waals surface area contributed by atoms with Gasteiger partial charge in [0.2, 0.25) is 10.0 Å². The Bertz CT molecular complexity index is 506. The van der Waals surface area contributed by atoms with Crippen molar-refractivity contribution in [3.63, 3.8) is 0 Å². The fourth-order valence-corrected chi connectivity index (χ4v) is 3.13. The molecule has 2 rings (SSSR count). The second kappa shape index (κ2) is 4.88. The van der Waals surface area contributed by atoms with Crippen LogP contribution in [0.25, 0.3) is 0 Å². The van der Waals surface area contributed by atoms with Crippen LogP contribution in [0.3, 0.4) is 0 Å². The van der Waals surface area contributed by atoms with Crippen LogP contribution in [-0.4, -0.2) is 42.0 Å². The molecule has 0 unspecified atom stereocenters. The molecule has 1 saturated heterocycles. The van der Waals surface area contributed by atoms with E-state index in [-0.39, 0.29) is 5.92 Å². The second-order valence-electron chi connectivity index (χ2n) is 4.27. The Morgan fingerprint density at radius 3 is 2.76 bits per heavy atom. The monoisotopic (exact) mass is 275 g/mol. The van der Waals surface area contributed by atoms with Gasteiger partial charge in [-0.05, 0) is 18.8 Å². The van der Waals surface area contributed by atoms with Crippen LogP contribution in [-0.2, 0) is 16.4 Å². The van der Waals surface area contributed by atoms with Gasteiger partial charge in [-0.2, -0.15) is 0 Å². The Morgan fingerprint density at radius 1 is 1.47 bits per heavy atom. The number of sulfonamides is 1. The van der Waals surface area contributed by atoms with Crippen LogP contribution in [0, 0.1) is 5.92 Å². The van der Waals surface area contributed by atoms with E-state index in [2.05, 4.69) is 9.97 Å². The fraction of sp³-hybridized carbons (Fsp3) is 0.600. The van der Waals surface area contributed by atoms with E-state index in [4.69, 9.17) is 11.6 Å². The molecule has 1 aliphatic rings. The molecule has 1 aromatic rings. The molecule has 1 atom stereocenters. The van der Waals surface area contributed by atoms with Gasteiger partial charge in [-0.1, -0.05) is 11.6 Å². The summed E-state index contributed by atoms with van der Waals surface area (Å²) in [5, 5.41) is 0.408. The van der Waals surface area contributed by atoms with Crippen LogP contribution in [0.2, 0.25) is 5.15 Å². The first-order valence-electron chi connectivity index (χ1n) is 5.37. The van der Waals surface area contributed by atoms with Crippen molar-refractivity contribution in [2.24, 2.45) is 5.92 Å². The van der Waals surface area contributed by atoms with Gasteiger partial charge in [0.25, 0.3) is 0 Å². The Hall–Kier alpha value is -0.720. The molecule has 0 bridgehead atoms. The molecule has 0 N–H and O–H groups in total. The molecule has 0 radical (unpaired) electrons. The third-order valence-electron chi connectivity index (χ3n) is 2.92. The third kappa shape index (κ3) is 3.14. The Labute approximate surface area is 106 Å². The molecule has 5 nitrogen and oxygen atoms in total. The minimum atomic E-state index is -3.07. The smallest absolute Gasteiger partial charge is 0.211 e. The lowest BCUT2D eigenvalue weighted by Gasteiger charge is -2.13. The number of aromatic nitrogens is 2. The highest BCUT2D eigenvalue weighted by molar-refractivity contribution is 7.88. The standard InChI is InChI=1S/C10H14ClN3O2S/c1-17(15,16)14-5-2-8(7-14)6-9-10(11)13-4-3-12-9/h3-4,8H,2,5-7H2,1H3/t8-/m1/s1. The van der Waals surface area contributed by atoms with Crippen molar-refractivity contribution in [2.75, 3.05) is 19.3 Å². The molecular weight excluding hydrogens is 262 g/mol. The van der Waals surface area contributed by atoms with Gasteiger partial charge in [0.1, 0.15) is 5.15 Å². The number of halogens is 1. The van der Waals surface area contributed by atoms with Crippen molar-refractivity contribution >= 4 is 21.6 Å². The van der Waals surface area contributed by atoms with E-state index in [0.29, 0.717) is 24.7 Å². The summed E-state index contributed by atoms with van der Waals surface area (Å²) in [5.74, 6) is 0.277. The van der Waals surface area contributed by atoms with E-state index in [9.17, 15) is 8.42 Å². The van der Waals surface area contributed by atoms with Gasteiger partial charge >= 0.3 is 0 Å². The van der Waals surface area contributed by atoms with Crippen LogP contribution >= 0.6 is 11.6 Å². The number of hydrogen-bond acceptors (Lipinski definition) is 4. The normalized spacial score (nSPS) is 21.9. The Morgan fingerprint density at radius 2 is 2.18 bits per heavy atom. The lowest BCUT2D eigenvalue weighted by atomic mass is 10.0. The van der Waals surface area contributed by atoms with Crippen LogP contribution < -0.4 is 0 Å². The second-order valence-corrected chi connectivity index (χ2v) is 6.61. The Balaban J connectivity index is 2.02. The maximum Gasteiger partial charge on any atom is 0.211 e. The van der Waals surface area contributed by atoms with Gasteiger partial charge < -0.3 is 0 Å². The predicted molar refractivity (Wildman–Crippen MR) is 65.3 cm³/mol. The SMILES string of the molecule is CS(=O)(=O)N1CC[C@H](Cc2nccnc2Cl)C1. The zero-order valence-corrected chi connectivity index (χ0v) is 11.1. The zero-order chi connectivity index (χ0) is 12.5. The molecule has 0 aromatic carbocycles. The van der Waals surface area contributed by atoms with Crippen molar-refractivity contribution in [3.8, 4) is 0 Å². The topological polar surface area (TPSA) is 63.2 Å². The molecule has 0 aliphatic carbocycles. The van der Waals surface area contributed by atoms with Crippen molar-refractivity contribution in [1.29, 1.82) is 0 Å². The van der Waals surface area contributed by atoms with Crippen LogP contribution in [0.5, 0.6) is 0 Å². The van der Waals surface area contributed by atoms with Gasteiger partial charge in [0.05, 0.1) is 11.9 Å². The van der Waals surface area contributed by atoms with Crippen molar-refractivity contribution < 1.29 is 8.42 Å².